The molecule has 0 fully saturated rings. The van der Waals surface area contributed by atoms with Gasteiger partial charge in [-0.2, -0.15) is 0 Å². The van der Waals surface area contributed by atoms with Crippen LogP contribution in [-0.2, 0) is 0 Å². The van der Waals surface area contributed by atoms with E-state index in [-0.39, 0.29) is 0 Å². The number of para-hydroxylation sites is 1. The minimum absolute atomic E-state index is 1.07. The zero-order valence-corrected chi connectivity index (χ0v) is 15.6. The first kappa shape index (κ1) is 16.4. The van der Waals surface area contributed by atoms with Gasteiger partial charge in [0.2, 0.25) is 0 Å². The summed E-state index contributed by atoms with van der Waals surface area (Å²) in [5.74, 6) is 0. The van der Waals surface area contributed by atoms with Crippen molar-refractivity contribution in [2.24, 2.45) is 0 Å². The molecule has 128 valence electrons. The SMILES string of the molecule is C=C(c1ccccc1C)c1cc2c(cc1C)C(=C)c1ccccc1N2C. The molecule has 0 amide bonds. The maximum atomic E-state index is 4.41. The summed E-state index contributed by atoms with van der Waals surface area (Å²) in [5.41, 5.74) is 11.8. The van der Waals surface area contributed by atoms with Crippen LogP contribution < -0.4 is 4.90 Å². The fourth-order valence-corrected chi connectivity index (χ4v) is 3.89. The van der Waals surface area contributed by atoms with Crippen molar-refractivity contribution in [1.29, 1.82) is 0 Å². The fraction of sp³-hybridized carbons (Fsp3) is 0.120. The highest BCUT2D eigenvalue weighted by Gasteiger charge is 2.24. The largest absolute Gasteiger partial charge is 0.344 e. The van der Waals surface area contributed by atoms with E-state index < -0.39 is 0 Å². The van der Waals surface area contributed by atoms with Crippen molar-refractivity contribution in [3.63, 3.8) is 0 Å². The summed E-state index contributed by atoms with van der Waals surface area (Å²) in [4.78, 5) is 2.26. The van der Waals surface area contributed by atoms with Gasteiger partial charge in [-0.3, -0.25) is 0 Å². The van der Waals surface area contributed by atoms with Crippen molar-refractivity contribution in [1.82, 2.24) is 0 Å². The van der Waals surface area contributed by atoms with E-state index in [0.717, 1.165) is 11.1 Å². The molecule has 0 atom stereocenters. The summed E-state index contributed by atoms with van der Waals surface area (Å²) in [7, 11) is 2.12. The Morgan fingerprint density at radius 2 is 1.46 bits per heavy atom. The molecule has 3 aromatic carbocycles. The quantitative estimate of drug-likeness (QED) is 0.515. The molecule has 0 spiro atoms. The number of rotatable bonds is 2. The van der Waals surface area contributed by atoms with Crippen LogP contribution >= 0.6 is 0 Å². The van der Waals surface area contributed by atoms with E-state index in [0.29, 0.717) is 0 Å². The third-order valence-electron chi connectivity index (χ3n) is 5.41. The molecule has 1 nitrogen and oxygen atoms in total. The normalized spacial score (nSPS) is 12.6. The molecule has 0 saturated carbocycles. The number of hydrogen-bond acceptors (Lipinski definition) is 1. The van der Waals surface area contributed by atoms with Gasteiger partial charge in [-0.1, -0.05) is 55.6 Å². The Kier molecular flexibility index (Phi) is 3.81. The molecule has 0 bridgehead atoms. The van der Waals surface area contributed by atoms with Gasteiger partial charge in [0.05, 0.1) is 0 Å². The Morgan fingerprint density at radius 3 is 2.23 bits per heavy atom. The Bertz CT molecular complexity index is 1060. The second-order valence-corrected chi connectivity index (χ2v) is 7.03. The zero-order valence-electron chi connectivity index (χ0n) is 15.6. The molecular weight excluding hydrogens is 314 g/mol. The molecule has 4 rings (SSSR count). The Labute approximate surface area is 155 Å². The van der Waals surface area contributed by atoms with Gasteiger partial charge in [0.1, 0.15) is 0 Å². The van der Waals surface area contributed by atoms with Crippen molar-refractivity contribution in [3.8, 4) is 0 Å². The summed E-state index contributed by atoms with van der Waals surface area (Å²) in [6.45, 7) is 13.1. The summed E-state index contributed by atoms with van der Waals surface area (Å²) in [6, 6.07) is 21.4. The number of fused-ring (bicyclic) bond motifs is 2. The Hall–Kier alpha value is -3.06. The predicted molar refractivity (Wildman–Crippen MR) is 113 cm³/mol. The first-order valence-electron chi connectivity index (χ1n) is 8.91. The Balaban J connectivity index is 1.88. The van der Waals surface area contributed by atoms with Crippen molar-refractivity contribution in [2.45, 2.75) is 13.8 Å². The van der Waals surface area contributed by atoms with Crippen molar-refractivity contribution in [2.75, 3.05) is 11.9 Å². The maximum absolute atomic E-state index is 4.41. The van der Waals surface area contributed by atoms with E-state index >= 15 is 0 Å². The van der Waals surface area contributed by atoms with Gasteiger partial charge in [-0.25, -0.2) is 0 Å². The van der Waals surface area contributed by atoms with Crippen LogP contribution in [-0.4, -0.2) is 7.05 Å². The molecule has 1 heteroatoms. The van der Waals surface area contributed by atoms with E-state index in [1.165, 1.54) is 44.8 Å². The van der Waals surface area contributed by atoms with E-state index in [2.05, 4.69) is 99.6 Å². The third kappa shape index (κ3) is 2.40. The van der Waals surface area contributed by atoms with Gasteiger partial charge in [0.15, 0.2) is 0 Å². The third-order valence-corrected chi connectivity index (χ3v) is 5.41. The van der Waals surface area contributed by atoms with Crippen LogP contribution in [0.3, 0.4) is 0 Å². The molecule has 0 saturated heterocycles. The van der Waals surface area contributed by atoms with Crippen LogP contribution in [0.15, 0.2) is 73.8 Å². The molecule has 26 heavy (non-hydrogen) atoms. The first-order valence-corrected chi connectivity index (χ1v) is 8.91. The predicted octanol–water partition coefficient (Wildman–Crippen LogP) is 6.51. The highest BCUT2D eigenvalue weighted by Crippen LogP contribution is 2.45. The Morgan fingerprint density at radius 1 is 0.769 bits per heavy atom. The standard InChI is InChI=1S/C25H23N/c1-16-10-6-7-11-20(16)18(3)22-15-25-23(14-17(22)2)19(4)21-12-8-9-13-24(21)26(25)5/h6-15H,3-4H2,1-2,5H3. The van der Waals surface area contributed by atoms with Gasteiger partial charge in [-0.05, 0) is 65.4 Å². The van der Waals surface area contributed by atoms with E-state index in [9.17, 15) is 0 Å². The minimum Gasteiger partial charge on any atom is -0.344 e. The molecule has 1 aliphatic heterocycles. The smallest absolute Gasteiger partial charge is 0.0494 e. The van der Waals surface area contributed by atoms with E-state index in [4.69, 9.17) is 0 Å². The highest BCUT2D eigenvalue weighted by molar-refractivity contribution is 5.98. The van der Waals surface area contributed by atoms with Crippen molar-refractivity contribution in [3.05, 3.63) is 107 Å². The lowest BCUT2D eigenvalue weighted by atomic mass is 9.86. The zero-order chi connectivity index (χ0) is 18.4. The van der Waals surface area contributed by atoms with E-state index in [1.54, 1.807) is 0 Å². The van der Waals surface area contributed by atoms with Crippen molar-refractivity contribution < 1.29 is 0 Å². The second kappa shape index (κ2) is 6.03. The van der Waals surface area contributed by atoms with Gasteiger partial charge in [0, 0.05) is 29.5 Å². The molecule has 0 aromatic heterocycles. The monoisotopic (exact) mass is 337 g/mol. The highest BCUT2D eigenvalue weighted by atomic mass is 15.1. The second-order valence-electron chi connectivity index (χ2n) is 7.03. The van der Waals surface area contributed by atoms with Crippen LogP contribution in [0.1, 0.15) is 33.4 Å². The van der Waals surface area contributed by atoms with Crippen LogP contribution in [0.2, 0.25) is 0 Å². The maximum Gasteiger partial charge on any atom is 0.0494 e. The lowest BCUT2D eigenvalue weighted by molar-refractivity contribution is 1.16. The molecule has 0 unspecified atom stereocenters. The summed E-state index contributed by atoms with van der Waals surface area (Å²) >= 11 is 0. The summed E-state index contributed by atoms with van der Waals surface area (Å²) < 4.78 is 0. The molecule has 1 aliphatic rings. The number of aryl methyl sites for hydroxylation is 2. The van der Waals surface area contributed by atoms with Gasteiger partial charge >= 0.3 is 0 Å². The molecule has 0 N–H and O–H groups in total. The van der Waals surface area contributed by atoms with Gasteiger partial charge < -0.3 is 4.90 Å². The molecule has 0 radical (unpaired) electrons. The van der Waals surface area contributed by atoms with E-state index in [1.807, 2.05) is 0 Å². The minimum atomic E-state index is 1.07. The van der Waals surface area contributed by atoms with Crippen LogP contribution in [0.5, 0.6) is 0 Å². The van der Waals surface area contributed by atoms with Gasteiger partial charge in [-0.15, -0.1) is 0 Å². The van der Waals surface area contributed by atoms with Gasteiger partial charge in [0.25, 0.3) is 0 Å². The molecular formula is C25H23N. The topological polar surface area (TPSA) is 3.24 Å². The average Bonchev–Trinajstić information content (AvgIpc) is 2.66. The fourth-order valence-electron chi connectivity index (χ4n) is 3.89. The summed E-state index contributed by atoms with van der Waals surface area (Å²) in [6.07, 6.45) is 0. The van der Waals surface area contributed by atoms with Crippen LogP contribution in [0.4, 0.5) is 11.4 Å². The lowest BCUT2D eigenvalue weighted by Crippen LogP contribution is -2.18. The van der Waals surface area contributed by atoms with Crippen molar-refractivity contribution >= 4 is 22.5 Å². The number of nitrogens with zero attached hydrogens (tertiary/aromatic N) is 1. The number of hydrogen-bond donors (Lipinski definition) is 0. The lowest BCUT2D eigenvalue weighted by Gasteiger charge is -2.32. The van der Waals surface area contributed by atoms with Crippen LogP contribution in [0.25, 0.3) is 11.1 Å². The molecule has 1 heterocycles. The summed E-state index contributed by atoms with van der Waals surface area (Å²) in [5, 5.41) is 0. The number of benzene rings is 3. The van der Waals surface area contributed by atoms with Crippen LogP contribution in [0, 0.1) is 13.8 Å². The molecule has 3 aromatic rings. The first-order chi connectivity index (χ1) is 12.5. The molecule has 0 aliphatic carbocycles. The average molecular weight is 337 g/mol. The number of anilines is 2.